The van der Waals surface area contributed by atoms with E-state index >= 15 is 0 Å². The summed E-state index contributed by atoms with van der Waals surface area (Å²) >= 11 is -1.74. The normalized spacial score (nSPS) is 17.0. The van der Waals surface area contributed by atoms with Crippen molar-refractivity contribution in [3.05, 3.63) is 0 Å². The number of hydrogen-bond acceptors (Lipinski definition) is 2. The van der Waals surface area contributed by atoms with Crippen molar-refractivity contribution in [2.75, 3.05) is 7.05 Å². The molecule has 0 heterocycles. The Morgan fingerprint density at radius 1 is 1.54 bits per heavy atom. The van der Waals surface area contributed by atoms with E-state index in [0.717, 1.165) is 19.3 Å². The van der Waals surface area contributed by atoms with Crippen LogP contribution in [0, 0.1) is 0 Å². The van der Waals surface area contributed by atoms with Crippen LogP contribution in [0.25, 0.3) is 0 Å². The first-order chi connectivity index (χ1) is 5.94. The number of hydrogen-bond donors (Lipinski definition) is 2. The van der Waals surface area contributed by atoms with Crippen molar-refractivity contribution in [3.63, 3.8) is 0 Å². The Hall–Kier alpha value is 0.0700. The van der Waals surface area contributed by atoms with E-state index in [1.54, 1.807) is 0 Å². The Bertz CT molecular complexity index is 171. The molecule has 0 fully saturated rings. The lowest BCUT2D eigenvalue weighted by Crippen LogP contribution is -2.37. The average molecular weight is 207 g/mol. The molecule has 2 atom stereocenters. The van der Waals surface area contributed by atoms with Gasteiger partial charge in [-0.25, -0.2) is 4.21 Å². The molecule has 80 valence electrons. The highest BCUT2D eigenvalue weighted by atomic mass is 32.2. The summed E-state index contributed by atoms with van der Waals surface area (Å²) in [6.45, 7) is 5.76. The van der Waals surface area contributed by atoms with Crippen molar-refractivity contribution >= 4 is 11.1 Å². The van der Waals surface area contributed by atoms with Crippen LogP contribution in [0.4, 0.5) is 0 Å². The summed E-state index contributed by atoms with van der Waals surface area (Å²) in [5.41, 5.74) is 0. The zero-order chi connectivity index (χ0) is 10.5. The van der Waals surface area contributed by atoms with Crippen LogP contribution < -0.4 is 5.32 Å². The minimum Gasteiger partial charge on any atom is -0.317 e. The van der Waals surface area contributed by atoms with Crippen molar-refractivity contribution in [2.24, 2.45) is 0 Å². The van der Waals surface area contributed by atoms with Crippen LogP contribution in [0.5, 0.6) is 0 Å². The zero-order valence-electron chi connectivity index (χ0n) is 8.96. The quantitative estimate of drug-likeness (QED) is 0.653. The van der Waals surface area contributed by atoms with Crippen LogP contribution in [0.3, 0.4) is 0 Å². The second kappa shape index (κ2) is 5.73. The lowest BCUT2D eigenvalue weighted by atomic mass is 9.99. The van der Waals surface area contributed by atoms with Crippen LogP contribution >= 0.6 is 0 Å². The Morgan fingerprint density at radius 3 is 2.38 bits per heavy atom. The molecule has 0 aromatic heterocycles. The molecule has 0 aromatic carbocycles. The topological polar surface area (TPSA) is 49.3 Å². The van der Waals surface area contributed by atoms with Gasteiger partial charge in [0.05, 0.1) is 4.75 Å². The predicted octanol–water partition coefficient (Wildman–Crippen LogP) is 1.76. The predicted molar refractivity (Wildman–Crippen MR) is 57.2 cm³/mol. The van der Waals surface area contributed by atoms with Gasteiger partial charge in [-0.15, -0.1) is 0 Å². The fourth-order valence-corrected chi connectivity index (χ4v) is 1.71. The van der Waals surface area contributed by atoms with E-state index in [-0.39, 0.29) is 0 Å². The molecule has 0 saturated heterocycles. The van der Waals surface area contributed by atoms with Crippen molar-refractivity contribution in [1.29, 1.82) is 0 Å². The van der Waals surface area contributed by atoms with Crippen LogP contribution in [-0.2, 0) is 11.1 Å². The second-order valence-corrected chi connectivity index (χ2v) is 5.59. The van der Waals surface area contributed by atoms with Crippen molar-refractivity contribution in [1.82, 2.24) is 5.32 Å². The molecular formula is C9H21NO2S. The first-order valence-electron chi connectivity index (χ1n) is 4.72. The minimum atomic E-state index is -1.74. The Morgan fingerprint density at radius 2 is 2.08 bits per heavy atom. The van der Waals surface area contributed by atoms with Crippen LogP contribution in [0.2, 0.25) is 0 Å². The van der Waals surface area contributed by atoms with Crippen molar-refractivity contribution in [2.45, 2.75) is 50.8 Å². The maximum absolute atomic E-state index is 11.0. The number of rotatable bonds is 6. The van der Waals surface area contributed by atoms with E-state index < -0.39 is 15.8 Å². The third-order valence-corrected chi connectivity index (χ3v) is 3.37. The van der Waals surface area contributed by atoms with Gasteiger partial charge in [0.15, 0.2) is 11.1 Å². The summed E-state index contributed by atoms with van der Waals surface area (Å²) in [6, 6.07) is 0.344. The molecule has 0 aliphatic rings. The third kappa shape index (κ3) is 4.74. The summed E-state index contributed by atoms with van der Waals surface area (Å²) in [6.07, 6.45) is 2.89. The SMILES string of the molecule is CCCC(CC(C)(C)S(=O)O)NC. The van der Waals surface area contributed by atoms with E-state index in [2.05, 4.69) is 12.2 Å². The van der Waals surface area contributed by atoms with E-state index in [1.165, 1.54) is 0 Å². The van der Waals surface area contributed by atoms with Gasteiger partial charge in [0.2, 0.25) is 0 Å². The molecule has 3 nitrogen and oxygen atoms in total. The molecule has 0 spiro atoms. The average Bonchev–Trinajstić information content (AvgIpc) is 2.03. The first-order valence-corrected chi connectivity index (χ1v) is 5.83. The molecule has 2 unspecified atom stereocenters. The number of nitrogens with one attached hydrogen (secondary N) is 1. The fraction of sp³-hybridized carbons (Fsp3) is 1.00. The zero-order valence-corrected chi connectivity index (χ0v) is 9.78. The van der Waals surface area contributed by atoms with Gasteiger partial charge in [-0.3, -0.25) is 0 Å². The maximum atomic E-state index is 11.0. The first kappa shape index (κ1) is 13.1. The van der Waals surface area contributed by atoms with Gasteiger partial charge in [0.25, 0.3) is 0 Å². The van der Waals surface area contributed by atoms with Gasteiger partial charge in [0.1, 0.15) is 0 Å². The Balaban J connectivity index is 4.13. The van der Waals surface area contributed by atoms with E-state index in [0.29, 0.717) is 6.04 Å². The summed E-state index contributed by atoms with van der Waals surface area (Å²) < 4.78 is 19.5. The van der Waals surface area contributed by atoms with Gasteiger partial charge in [0, 0.05) is 6.04 Å². The van der Waals surface area contributed by atoms with Gasteiger partial charge >= 0.3 is 0 Å². The largest absolute Gasteiger partial charge is 0.317 e. The van der Waals surface area contributed by atoms with E-state index in [1.807, 2.05) is 20.9 Å². The highest BCUT2D eigenvalue weighted by Crippen LogP contribution is 2.20. The third-order valence-electron chi connectivity index (χ3n) is 2.26. The van der Waals surface area contributed by atoms with E-state index in [4.69, 9.17) is 4.55 Å². The van der Waals surface area contributed by atoms with Crippen LogP contribution in [0.15, 0.2) is 0 Å². The molecule has 0 aliphatic carbocycles. The molecular weight excluding hydrogens is 186 g/mol. The highest BCUT2D eigenvalue weighted by Gasteiger charge is 2.27. The summed E-state index contributed by atoms with van der Waals surface area (Å²) in [5, 5.41) is 3.17. The molecule has 0 bridgehead atoms. The molecule has 2 N–H and O–H groups in total. The second-order valence-electron chi connectivity index (χ2n) is 3.99. The Labute approximate surface area is 83.6 Å². The maximum Gasteiger partial charge on any atom is 0.158 e. The smallest absolute Gasteiger partial charge is 0.158 e. The van der Waals surface area contributed by atoms with Crippen LogP contribution in [0.1, 0.15) is 40.0 Å². The summed E-state index contributed by atoms with van der Waals surface area (Å²) in [5.74, 6) is 0. The fourth-order valence-electron chi connectivity index (χ4n) is 1.36. The van der Waals surface area contributed by atoms with Crippen molar-refractivity contribution < 1.29 is 8.76 Å². The van der Waals surface area contributed by atoms with Gasteiger partial charge in [-0.1, -0.05) is 13.3 Å². The molecule has 0 aromatic rings. The van der Waals surface area contributed by atoms with Gasteiger partial charge in [-0.2, -0.15) is 0 Å². The molecule has 0 aliphatic heterocycles. The minimum absolute atomic E-state index is 0.344. The Kier molecular flexibility index (Phi) is 5.76. The standard InChI is InChI=1S/C9H21NO2S/c1-5-6-8(10-4)7-9(2,3)13(11)12/h8,10H,5-7H2,1-4H3,(H,11,12). The molecule has 4 heteroatoms. The lowest BCUT2D eigenvalue weighted by Gasteiger charge is -2.26. The van der Waals surface area contributed by atoms with Crippen molar-refractivity contribution in [3.8, 4) is 0 Å². The molecule has 0 radical (unpaired) electrons. The van der Waals surface area contributed by atoms with Gasteiger partial charge < -0.3 is 9.87 Å². The summed E-state index contributed by atoms with van der Waals surface area (Å²) in [7, 11) is 1.90. The molecule has 0 rings (SSSR count). The molecule has 13 heavy (non-hydrogen) atoms. The molecule has 0 saturated carbocycles. The van der Waals surface area contributed by atoms with E-state index in [9.17, 15) is 4.21 Å². The summed E-state index contributed by atoms with van der Waals surface area (Å²) in [4.78, 5) is 0. The molecule has 0 amide bonds. The lowest BCUT2D eigenvalue weighted by molar-refractivity contribution is 0.415. The monoisotopic (exact) mass is 207 g/mol. The van der Waals surface area contributed by atoms with Gasteiger partial charge in [-0.05, 0) is 33.7 Å². The van der Waals surface area contributed by atoms with Crippen LogP contribution in [-0.4, -0.2) is 26.6 Å². The highest BCUT2D eigenvalue weighted by molar-refractivity contribution is 7.80.